The molecule has 0 atom stereocenters. The van der Waals surface area contributed by atoms with Gasteiger partial charge in [-0.25, -0.2) is 5.43 Å². The molecule has 1 rings (SSSR count). The third kappa shape index (κ3) is 7.84. The van der Waals surface area contributed by atoms with Crippen LogP contribution in [0.15, 0.2) is 29.4 Å². The number of nitrogens with zero attached hydrogens (tertiary/aromatic N) is 1. The van der Waals surface area contributed by atoms with Crippen LogP contribution in [-0.2, 0) is 14.3 Å². The molecule has 21 heavy (non-hydrogen) atoms. The third-order valence-corrected chi connectivity index (χ3v) is 2.65. The summed E-state index contributed by atoms with van der Waals surface area (Å²) < 4.78 is 4.86. The second kappa shape index (κ2) is 9.66. The molecule has 0 bridgehead atoms. The molecule has 0 aliphatic carbocycles. The first-order chi connectivity index (χ1) is 10.1. The standard InChI is InChI=1S/C15H21N3O3/c1-12-4-6-13(7-5-12)11-17-18-15(20)10-14(19)16-8-3-9-21-2/h4-7,11H,3,8-10H2,1-2H3,(H,16,19)(H,18,20)/b17-11-. The van der Waals surface area contributed by atoms with Crippen LogP contribution in [0.3, 0.4) is 0 Å². The first kappa shape index (κ1) is 16.8. The van der Waals surface area contributed by atoms with Crippen LogP contribution in [0.25, 0.3) is 0 Å². The molecule has 0 spiro atoms. The molecule has 0 heterocycles. The fraction of sp³-hybridized carbons (Fsp3) is 0.400. The Bertz CT molecular complexity index is 483. The Morgan fingerprint density at radius 1 is 1.24 bits per heavy atom. The number of carbonyl (C=O) groups is 2. The predicted octanol–water partition coefficient (Wildman–Crippen LogP) is 0.988. The van der Waals surface area contributed by atoms with Gasteiger partial charge in [0.25, 0.3) is 0 Å². The number of rotatable bonds is 8. The van der Waals surface area contributed by atoms with Crippen molar-refractivity contribution in [3.63, 3.8) is 0 Å². The van der Waals surface area contributed by atoms with Gasteiger partial charge in [0.2, 0.25) is 11.8 Å². The van der Waals surface area contributed by atoms with E-state index < -0.39 is 5.91 Å². The number of benzene rings is 1. The Morgan fingerprint density at radius 2 is 1.95 bits per heavy atom. The Kier molecular flexibility index (Phi) is 7.74. The van der Waals surface area contributed by atoms with Crippen molar-refractivity contribution >= 4 is 18.0 Å². The van der Waals surface area contributed by atoms with Crippen molar-refractivity contribution in [3.8, 4) is 0 Å². The maximum atomic E-state index is 11.5. The van der Waals surface area contributed by atoms with Crippen LogP contribution in [0.2, 0.25) is 0 Å². The van der Waals surface area contributed by atoms with Gasteiger partial charge in [0.15, 0.2) is 0 Å². The van der Waals surface area contributed by atoms with Gasteiger partial charge in [-0.15, -0.1) is 0 Å². The summed E-state index contributed by atoms with van der Waals surface area (Å²) in [5, 5.41) is 6.44. The first-order valence-corrected chi connectivity index (χ1v) is 6.76. The normalized spacial score (nSPS) is 10.6. The summed E-state index contributed by atoms with van der Waals surface area (Å²) >= 11 is 0. The number of nitrogens with one attached hydrogen (secondary N) is 2. The quantitative estimate of drug-likeness (QED) is 0.324. The molecule has 0 aliphatic heterocycles. The van der Waals surface area contributed by atoms with Crippen LogP contribution in [-0.4, -0.2) is 38.3 Å². The molecule has 0 radical (unpaired) electrons. The van der Waals surface area contributed by atoms with E-state index in [1.807, 2.05) is 31.2 Å². The number of methoxy groups -OCH3 is 1. The molecular weight excluding hydrogens is 270 g/mol. The van der Waals surface area contributed by atoms with Crippen molar-refractivity contribution in [3.05, 3.63) is 35.4 Å². The molecule has 0 unspecified atom stereocenters. The lowest BCUT2D eigenvalue weighted by atomic mass is 10.2. The number of hydrogen-bond acceptors (Lipinski definition) is 4. The molecule has 2 amide bonds. The number of ether oxygens (including phenoxy) is 1. The van der Waals surface area contributed by atoms with E-state index in [-0.39, 0.29) is 12.3 Å². The molecule has 6 nitrogen and oxygen atoms in total. The number of aryl methyl sites for hydroxylation is 1. The van der Waals surface area contributed by atoms with Gasteiger partial charge in [0, 0.05) is 20.3 Å². The molecular formula is C15H21N3O3. The monoisotopic (exact) mass is 291 g/mol. The summed E-state index contributed by atoms with van der Waals surface area (Å²) in [7, 11) is 1.60. The zero-order chi connectivity index (χ0) is 15.5. The number of hydrazone groups is 1. The molecule has 1 aromatic rings. The topological polar surface area (TPSA) is 79.8 Å². The van der Waals surface area contributed by atoms with Crippen molar-refractivity contribution < 1.29 is 14.3 Å². The zero-order valence-corrected chi connectivity index (χ0v) is 12.4. The van der Waals surface area contributed by atoms with Crippen LogP contribution in [0, 0.1) is 6.92 Å². The maximum Gasteiger partial charge on any atom is 0.249 e. The van der Waals surface area contributed by atoms with Crippen LogP contribution >= 0.6 is 0 Å². The summed E-state index contributed by atoms with van der Waals surface area (Å²) in [6.07, 6.45) is 2.02. The van der Waals surface area contributed by atoms with E-state index in [4.69, 9.17) is 4.74 Å². The SMILES string of the molecule is COCCCNC(=O)CC(=O)N/N=C\c1ccc(C)cc1. The fourth-order valence-electron chi connectivity index (χ4n) is 1.52. The van der Waals surface area contributed by atoms with Gasteiger partial charge in [-0.05, 0) is 18.9 Å². The molecule has 0 fully saturated rings. The minimum atomic E-state index is -0.442. The Morgan fingerprint density at radius 3 is 2.62 bits per heavy atom. The van der Waals surface area contributed by atoms with E-state index in [1.165, 1.54) is 6.21 Å². The lowest BCUT2D eigenvalue weighted by Crippen LogP contribution is -2.30. The van der Waals surface area contributed by atoms with E-state index in [2.05, 4.69) is 15.8 Å². The summed E-state index contributed by atoms with van der Waals surface area (Å²) in [5.41, 5.74) is 4.36. The smallest absolute Gasteiger partial charge is 0.249 e. The maximum absolute atomic E-state index is 11.5. The highest BCUT2D eigenvalue weighted by Crippen LogP contribution is 1.99. The third-order valence-electron chi connectivity index (χ3n) is 2.65. The highest BCUT2D eigenvalue weighted by atomic mass is 16.5. The molecule has 0 saturated heterocycles. The zero-order valence-electron chi connectivity index (χ0n) is 12.4. The molecule has 0 aromatic heterocycles. The molecule has 2 N–H and O–H groups in total. The number of carbonyl (C=O) groups excluding carboxylic acids is 2. The Hall–Kier alpha value is -2.21. The predicted molar refractivity (Wildman–Crippen MR) is 81.0 cm³/mol. The average Bonchev–Trinajstić information content (AvgIpc) is 2.46. The fourth-order valence-corrected chi connectivity index (χ4v) is 1.52. The summed E-state index contributed by atoms with van der Waals surface area (Å²) in [5.74, 6) is -0.767. The van der Waals surface area contributed by atoms with Gasteiger partial charge < -0.3 is 10.1 Å². The number of amides is 2. The summed E-state index contributed by atoms with van der Waals surface area (Å²) in [6, 6.07) is 7.70. The van der Waals surface area contributed by atoms with Gasteiger partial charge in [-0.2, -0.15) is 5.10 Å². The minimum Gasteiger partial charge on any atom is -0.385 e. The molecule has 6 heteroatoms. The van der Waals surface area contributed by atoms with Gasteiger partial charge >= 0.3 is 0 Å². The van der Waals surface area contributed by atoms with E-state index in [0.717, 1.165) is 17.5 Å². The second-order valence-electron chi connectivity index (χ2n) is 4.58. The van der Waals surface area contributed by atoms with Crippen molar-refractivity contribution in [2.75, 3.05) is 20.3 Å². The molecule has 1 aromatic carbocycles. The van der Waals surface area contributed by atoms with Crippen molar-refractivity contribution in [2.24, 2.45) is 5.10 Å². The van der Waals surface area contributed by atoms with Crippen molar-refractivity contribution in [2.45, 2.75) is 19.8 Å². The first-order valence-electron chi connectivity index (χ1n) is 6.76. The lowest BCUT2D eigenvalue weighted by Gasteiger charge is -2.03. The Labute approximate surface area is 124 Å². The van der Waals surface area contributed by atoms with Crippen molar-refractivity contribution in [1.82, 2.24) is 10.7 Å². The van der Waals surface area contributed by atoms with Gasteiger partial charge in [0.1, 0.15) is 6.42 Å². The molecule has 0 aliphatic rings. The highest BCUT2D eigenvalue weighted by molar-refractivity contribution is 5.97. The van der Waals surface area contributed by atoms with E-state index >= 15 is 0 Å². The van der Waals surface area contributed by atoms with Crippen LogP contribution in [0.5, 0.6) is 0 Å². The van der Waals surface area contributed by atoms with Crippen molar-refractivity contribution in [1.29, 1.82) is 0 Å². The summed E-state index contributed by atoms with van der Waals surface area (Å²) in [6.45, 7) is 3.06. The largest absolute Gasteiger partial charge is 0.385 e. The van der Waals surface area contributed by atoms with Crippen LogP contribution in [0.1, 0.15) is 24.0 Å². The lowest BCUT2D eigenvalue weighted by molar-refractivity contribution is -0.129. The Balaban J connectivity index is 2.24. The molecule has 114 valence electrons. The van der Waals surface area contributed by atoms with E-state index in [0.29, 0.717) is 13.2 Å². The van der Waals surface area contributed by atoms with E-state index in [1.54, 1.807) is 7.11 Å². The van der Waals surface area contributed by atoms with Gasteiger partial charge in [-0.1, -0.05) is 29.8 Å². The molecule has 0 saturated carbocycles. The highest BCUT2D eigenvalue weighted by Gasteiger charge is 2.07. The van der Waals surface area contributed by atoms with Crippen LogP contribution in [0.4, 0.5) is 0 Å². The van der Waals surface area contributed by atoms with Gasteiger partial charge in [-0.3, -0.25) is 9.59 Å². The number of hydrogen-bond donors (Lipinski definition) is 2. The average molecular weight is 291 g/mol. The van der Waals surface area contributed by atoms with Gasteiger partial charge in [0.05, 0.1) is 6.21 Å². The van der Waals surface area contributed by atoms with Crippen LogP contribution < -0.4 is 10.7 Å². The minimum absolute atomic E-state index is 0.238. The second-order valence-corrected chi connectivity index (χ2v) is 4.58. The van der Waals surface area contributed by atoms with E-state index in [9.17, 15) is 9.59 Å². The summed E-state index contributed by atoms with van der Waals surface area (Å²) in [4.78, 5) is 22.9.